The van der Waals surface area contributed by atoms with Gasteiger partial charge in [0.25, 0.3) is 0 Å². The molecule has 0 aromatic carbocycles. The fourth-order valence-electron chi connectivity index (χ4n) is 1.43. The number of rotatable bonds is 4. The molecule has 2 heterocycles. The summed E-state index contributed by atoms with van der Waals surface area (Å²) in [5.74, 6) is 0.844. The third kappa shape index (κ3) is 2.03. The van der Waals surface area contributed by atoms with Crippen LogP contribution in [0.1, 0.15) is 19.0 Å². The Bertz CT molecular complexity index is 493. The predicted octanol–water partition coefficient (Wildman–Crippen LogP) is 1.77. The van der Waals surface area contributed by atoms with E-state index >= 15 is 0 Å². The topological polar surface area (TPSA) is 68.2 Å². The first-order chi connectivity index (χ1) is 7.76. The predicted molar refractivity (Wildman–Crippen MR) is 67.4 cm³/mol. The van der Waals surface area contributed by atoms with Crippen LogP contribution in [0.15, 0.2) is 16.7 Å². The molecule has 0 saturated heterocycles. The third-order valence-electron chi connectivity index (χ3n) is 2.24. The molecule has 0 atom stereocenters. The Kier molecular flexibility index (Phi) is 3.40. The van der Waals surface area contributed by atoms with Crippen LogP contribution in [0.25, 0.3) is 5.65 Å². The van der Waals surface area contributed by atoms with Crippen molar-refractivity contribution in [2.24, 2.45) is 5.73 Å². The second-order valence-corrected chi connectivity index (χ2v) is 4.22. The van der Waals surface area contributed by atoms with E-state index in [2.05, 4.69) is 38.3 Å². The van der Waals surface area contributed by atoms with Crippen LogP contribution < -0.4 is 11.1 Å². The average molecular weight is 284 g/mol. The van der Waals surface area contributed by atoms with E-state index in [-0.39, 0.29) is 0 Å². The summed E-state index contributed by atoms with van der Waals surface area (Å²) in [5, 5.41) is 7.65. The fraction of sp³-hybridized carbons (Fsp3) is 0.400. The fourth-order valence-corrected chi connectivity index (χ4v) is 1.94. The molecule has 6 heteroatoms. The molecule has 0 aliphatic carbocycles. The SMILES string of the molecule is CCCNc1ccc2nc(CN)c(Br)n2n1. The molecule has 16 heavy (non-hydrogen) atoms. The molecule has 2 aromatic heterocycles. The van der Waals surface area contributed by atoms with Gasteiger partial charge in [-0.25, -0.2) is 9.50 Å². The van der Waals surface area contributed by atoms with Crippen LogP contribution in [0.3, 0.4) is 0 Å². The first kappa shape index (κ1) is 11.3. The van der Waals surface area contributed by atoms with Gasteiger partial charge in [0.1, 0.15) is 10.4 Å². The van der Waals surface area contributed by atoms with E-state index in [9.17, 15) is 0 Å². The van der Waals surface area contributed by atoms with Crippen molar-refractivity contribution in [1.82, 2.24) is 14.6 Å². The maximum atomic E-state index is 5.58. The Morgan fingerprint density at radius 2 is 2.31 bits per heavy atom. The molecule has 0 bridgehead atoms. The zero-order chi connectivity index (χ0) is 11.5. The van der Waals surface area contributed by atoms with Gasteiger partial charge in [0.05, 0.1) is 5.69 Å². The number of hydrogen-bond acceptors (Lipinski definition) is 4. The Hall–Kier alpha value is -1.14. The van der Waals surface area contributed by atoms with Crippen molar-refractivity contribution in [3.8, 4) is 0 Å². The van der Waals surface area contributed by atoms with Gasteiger partial charge in [-0.05, 0) is 34.5 Å². The van der Waals surface area contributed by atoms with E-state index in [1.54, 1.807) is 4.52 Å². The standard InChI is InChI=1S/C10H14BrN5/c1-2-5-13-8-3-4-9-14-7(6-12)10(11)16(9)15-8/h3-4H,2,5-6,12H2,1H3,(H,13,15). The molecule has 2 aromatic rings. The highest BCUT2D eigenvalue weighted by atomic mass is 79.9. The summed E-state index contributed by atoms with van der Waals surface area (Å²) in [6, 6.07) is 3.85. The lowest BCUT2D eigenvalue weighted by atomic mass is 10.4. The van der Waals surface area contributed by atoms with Crippen LogP contribution >= 0.6 is 15.9 Å². The maximum Gasteiger partial charge on any atom is 0.155 e. The minimum atomic E-state index is 0.404. The van der Waals surface area contributed by atoms with E-state index in [1.165, 1.54) is 0 Å². The average Bonchev–Trinajstić information content (AvgIpc) is 2.63. The summed E-state index contributed by atoms with van der Waals surface area (Å²) in [6.45, 7) is 3.43. The van der Waals surface area contributed by atoms with Gasteiger partial charge in [-0.2, -0.15) is 0 Å². The molecule has 0 unspecified atom stereocenters. The first-order valence-corrected chi connectivity index (χ1v) is 6.03. The Morgan fingerprint density at radius 3 is 3.00 bits per heavy atom. The molecule has 0 radical (unpaired) electrons. The van der Waals surface area contributed by atoms with E-state index < -0.39 is 0 Å². The highest BCUT2D eigenvalue weighted by Crippen LogP contribution is 2.18. The van der Waals surface area contributed by atoms with Gasteiger partial charge >= 0.3 is 0 Å². The first-order valence-electron chi connectivity index (χ1n) is 5.24. The molecular weight excluding hydrogens is 270 g/mol. The highest BCUT2D eigenvalue weighted by molar-refractivity contribution is 9.10. The van der Waals surface area contributed by atoms with Crippen LogP contribution in [0.4, 0.5) is 5.82 Å². The summed E-state index contributed by atoms with van der Waals surface area (Å²) in [4.78, 5) is 4.35. The van der Waals surface area contributed by atoms with Crippen LogP contribution in [0, 0.1) is 0 Å². The number of aromatic nitrogens is 3. The van der Waals surface area contributed by atoms with Crippen molar-refractivity contribution in [1.29, 1.82) is 0 Å². The van der Waals surface area contributed by atoms with Gasteiger partial charge in [0.15, 0.2) is 5.65 Å². The second kappa shape index (κ2) is 4.80. The molecule has 86 valence electrons. The van der Waals surface area contributed by atoms with Crippen molar-refractivity contribution in [3.05, 3.63) is 22.4 Å². The Morgan fingerprint density at radius 1 is 1.50 bits per heavy atom. The van der Waals surface area contributed by atoms with Crippen molar-refractivity contribution < 1.29 is 0 Å². The van der Waals surface area contributed by atoms with Crippen LogP contribution in [-0.4, -0.2) is 21.1 Å². The Balaban J connectivity index is 2.40. The number of fused-ring (bicyclic) bond motifs is 1. The number of anilines is 1. The normalized spacial score (nSPS) is 10.9. The summed E-state index contributed by atoms with van der Waals surface area (Å²) >= 11 is 3.44. The van der Waals surface area contributed by atoms with Crippen LogP contribution in [0.2, 0.25) is 0 Å². The quantitative estimate of drug-likeness (QED) is 0.898. The smallest absolute Gasteiger partial charge is 0.155 e. The summed E-state index contributed by atoms with van der Waals surface area (Å²) in [5.41, 5.74) is 7.20. The lowest BCUT2D eigenvalue weighted by Crippen LogP contribution is -2.04. The largest absolute Gasteiger partial charge is 0.369 e. The minimum absolute atomic E-state index is 0.404. The molecule has 2 rings (SSSR count). The second-order valence-electron chi connectivity index (χ2n) is 3.47. The van der Waals surface area contributed by atoms with E-state index in [1.807, 2.05) is 12.1 Å². The van der Waals surface area contributed by atoms with Gasteiger partial charge in [-0.3, -0.25) is 0 Å². The van der Waals surface area contributed by atoms with Gasteiger partial charge in [0, 0.05) is 13.1 Å². The van der Waals surface area contributed by atoms with Crippen molar-refractivity contribution in [2.45, 2.75) is 19.9 Å². The summed E-state index contributed by atoms with van der Waals surface area (Å²) < 4.78 is 2.57. The van der Waals surface area contributed by atoms with Gasteiger partial charge in [-0.1, -0.05) is 6.92 Å². The lowest BCUT2D eigenvalue weighted by Gasteiger charge is -2.03. The zero-order valence-corrected chi connectivity index (χ0v) is 10.7. The number of imidazole rings is 1. The molecule has 0 aliphatic heterocycles. The molecule has 0 spiro atoms. The zero-order valence-electron chi connectivity index (χ0n) is 9.07. The van der Waals surface area contributed by atoms with Crippen LogP contribution in [0.5, 0.6) is 0 Å². The van der Waals surface area contributed by atoms with E-state index in [4.69, 9.17) is 5.73 Å². The highest BCUT2D eigenvalue weighted by Gasteiger charge is 2.09. The summed E-state index contributed by atoms with van der Waals surface area (Å²) in [7, 11) is 0. The number of nitrogens with two attached hydrogens (primary N) is 1. The van der Waals surface area contributed by atoms with Crippen molar-refractivity contribution in [3.63, 3.8) is 0 Å². The summed E-state index contributed by atoms with van der Waals surface area (Å²) in [6.07, 6.45) is 1.07. The number of nitrogens with one attached hydrogen (secondary N) is 1. The molecule has 0 saturated carbocycles. The minimum Gasteiger partial charge on any atom is -0.369 e. The van der Waals surface area contributed by atoms with Gasteiger partial charge in [-0.15, -0.1) is 5.10 Å². The monoisotopic (exact) mass is 283 g/mol. The molecular formula is C10H14BrN5. The molecule has 5 nitrogen and oxygen atoms in total. The van der Waals surface area contributed by atoms with Crippen molar-refractivity contribution in [2.75, 3.05) is 11.9 Å². The molecule has 3 N–H and O–H groups in total. The number of halogens is 1. The van der Waals surface area contributed by atoms with Gasteiger partial charge in [0.2, 0.25) is 0 Å². The lowest BCUT2D eigenvalue weighted by molar-refractivity contribution is 0.886. The maximum absolute atomic E-state index is 5.58. The third-order valence-corrected chi connectivity index (χ3v) is 3.03. The Labute approximate surface area is 102 Å². The van der Waals surface area contributed by atoms with E-state index in [0.29, 0.717) is 6.54 Å². The molecule has 0 fully saturated rings. The molecule has 0 amide bonds. The van der Waals surface area contributed by atoms with Crippen LogP contribution in [-0.2, 0) is 6.54 Å². The van der Waals surface area contributed by atoms with E-state index in [0.717, 1.165) is 34.7 Å². The van der Waals surface area contributed by atoms with Gasteiger partial charge < -0.3 is 11.1 Å². The number of nitrogens with zero attached hydrogens (tertiary/aromatic N) is 3. The number of hydrogen-bond donors (Lipinski definition) is 2. The molecule has 0 aliphatic rings. The van der Waals surface area contributed by atoms with Crippen molar-refractivity contribution >= 4 is 27.4 Å².